The predicted octanol–water partition coefficient (Wildman–Crippen LogP) is 2.46. The summed E-state index contributed by atoms with van der Waals surface area (Å²) in [4.78, 5) is 12.3. The van der Waals surface area contributed by atoms with Crippen LogP contribution < -0.4 is 19.5 Å². The summed E-state index contributed by atoms with van der Waals surface area (Å²) in [5, 5.41) is 2.65. The molecule has 1 aliphatic rings. The molecule has 3 rings (SSSR count). The SMILES string of the molecule is CCN(CC)S(=O)(=O)c1cccc(NC(=O)COc2ccc3c(c2)OCO3)c1. The average molecular weight is 406 g/mol. The van der Waals surface area contributed by atoms with Crippen LogP contribution in [0.15, 0.2) is 47.4 Å². The number of hydrogen-bond donors (Lipinski definition) is 1. The number of nitrogens with one attached hydrogen (secondary N) is 1. The van der Waals surface area contributed by atoms with Gasteiger partial charge in [0.1, 0.15) is 5.75 Å². The molecule has 1 N–H and O–H groups in total. The maximum Gasteiger partial charge on any atom is 0.262 e. The van der Waals surface area contributed by atoms with Gasteiger partial charge in [-0.05, 0) is 30.3 Å². The van der Waals surface area contributed by atoms with Gasteiger partial charge in [0.15, 0.2) is 18.1 Å². The summed E-state index contributed by atoms with van der Waals surface area (Å²) in [5.41, 5.74) is 0.382. The number of carbonyl (C=O) groups is 1. The maximum absolute atomic E-state index is 12.6. The second-order valence-corrected chi connectivity index (χ2v) is 7.91. The quantitative estimate of drug-likeness (QED) is 0.724. The number of amides is 1. The number of fused-ring (bicyclic) bond motifs is 1. The second-order valence-electron chi connectivity index (χ2n) is 5.97. The van der Waals surface area contributed by atoms with E-state index in [1.165, 1.54) is 16.4 Å². The van der Waals surface area contributed by atoms with E-state index in [1.807, 2.05) is 0 Å². The van der Waals surface area contributed by atoms with E-state index >= 15 is 0 Å². The Labute approximate surface area is 164 Å². The van der Waals surface area contributed by atoms with Gasteiger partial charge in [-0.25, -0.2) is 8.42 Å². The molecule has 9 heteroatoms. The van der Waals surface area contributed by atoms with Gasteiger partial charge in [0, 0.05) is 24.8 Å². The van der Waals surface area contributed by atoms with Crippen molar-refractivity contribution in [3.8, 4) is 17.2 Å². The molecule has 0 fully saturated rings. The van der Waals surface area contributed by atoms with Crippen LogP contribution in [0.5, 0.6) is 17.2 Å². The summed E-state index contributed by atoms with van der Waals surface area (Å²) >= 11 is 0. The highest BCUT2D eigenvalue weighted by Crippen LogP contribution is 2.35. The number of carbonyl (C=O) groups excluding carboxylic acids is 1. The van der Waals surface area contributed by atoms with Crippen LogP contribution in [-0.4, -0.2) is 45.1 Å². The van der Waals surface area contributed by atoms with E-state index in [0.29, 0.717) is 36.0 Å². The Morgan fingerprint density at radius 1 is 1.11 bits per heavy atom. The van der Waals surface area contributed by atoms with Crippen LogP contribution >= 0.6 is 0 Å². The zero-order valence-electron chi connectivity index (χ0n) is 15.7. The minimum absolute atomic E-state index is 0.130. The third-order valence-corrected chi connectivity index (χ3v) is 6.22. The molecule has 8 nitrogen and oxygen atoms in total. The molecule has 1 aliphatic heterocycles. The molecule has 2 aromatic rings. The van der Waals surface area contributed by atoms with Crippen LogP contribution in [0.4, 0.5) is 5.69 Å². The van der Waals surface area contributed by atoms with Gasteiger partial charge < -0.3 is 19.5 Å². The summed E-state index contributed by atoms with van der Waals surface area (Å²) in [6, 6.07) is 11.2. The minimum atomic E-state index is -3.60. The van der Waals surface area contributed by atoms with Gasteiger partial charge in [0.25, 0.3) is 5.91 Å². The largest absolute Gasteiger partial charge is 0.484 e. The first-order chi connectivity index (χ1) is 13.4. The lowest BCUT2D eigenvalue weighted by Crippen LogP contribution is -2.30. The van der Waals surface area contributed by atoms with Crippen molar-refractivity contribution >= 4 is 21.6 Å². The first kappa shape index (κ1) is 20.0. The van der Waals surface area contributed by atoms with E-state index in [4.69, 9.17) is 14.2 Å². The van der Waals surface area contributed by atoms with Crippen molar-refractivity contribution in [2.24, 2.45) is 0 Å². The Hall–Kier alpha value is -2.78. The van der Waals surface area contributed by atoms with E-state index in [2.05, 4.69) is 5.32 Å². The van der Waals surface area contributed by atoms with E-state index in [1.54, 1.807) is 44.2 Å². The van der Waals surface area contributed by atoms with Gasteiger partial charge in [0.05, 0.1) is 4.90 Å². The first-order valence-corrected chi connectivity index (χ1v) is 10.3. The molecular weight excluding hydrogens is 384 g/mol. The van der Waals surface area contributed by atoms with Crippen molar-refractivity contribution in [2.75, 3.05) is 31.8 Å². The smallest absolute Gasteiger partial charge is 0.262 e. The van der Waals surface area contributed by atoms with Crippen molar-refractivity contribution in [3.05, 3.63) is 42.5 Å². The van der Waals surface area contributed by atoms with Crippen molar-refractivity contribution in [3.63, 3.8) is 0 Å². The Balaban J connectivity index is 1.63. The number of sulfonamides is 1. The Morgan fingerprint density at radius 2 is 1.86 bits per heavy atom. The number of nitrogens with zero attached hydrogens (tertiary/aromatic N) is 1. The Kier molecular flexibility index (Phi) is 6.05. The predicted molar refractivity (Wildman–Crippen MR) is 103 cm³/mol. The molecule has 0 spiro atoms. The Morgan fingerprint density at radius 3 is 2.61 bits per heavy atom. The summed E-state index contributed by atoms with van der Waals surface area (Å²) < 4.78 is 42.5. The molecule has 0 bridgehead atoms. The van der Waals surface area contributed by atoms with Gasteiger partial charge >= 0.3 is 0 Å². The fraction of sp³-hybridized carbons (Fsp3) is 0.316. The molecule has 150 valence electrons. The fourth-order valence-electron chi connectivity index (χ4n) is 2.76. The third kappa shape index (κ3) is 4.37. The number of rotatable bonds is 8. The van der Waals surface area contributed by atoms with Gasteiger partial charge in [-0.1, -0.05) is 19.9 Å². The van der Waals surface area contributed by atoms with Crippen LogP contribution in [0.2, 0.25) is 0 Å². The zero-order chi connectivity index (χ0) is 20.1. The Bertz CT molecular complexity index is 957. The third-order valence-electron chi connectivity index (χ3n) is 4.17. The standard InChI is InChI=1S/C19H22N2O6S/c1-3-21(4-2)28(23,24)16-7-5-6-14(10-16)20-19(22)12-25-15-8-9-17-18(11-15)27-13-26-17/h5-11H,3-4,12-13H2,1-2H3,(H,20,22). The van der Waals surface area contributed by atoms with Crippen molar-refractivity contribution in [1.29, 1.82) is 0 Å². The van der Waals surface area contributed by atoms with Crippen LogP contribution in [-0.2, 0) is 14.8 Å². The summed E-state index contributed by atoms with van der Waals surface area (Å²) in [7, 11) is -3.60. The van der Waals surface area contributed by atoms with E-state index in [9.17, 15) is 13.2 Å². The zero-order valence-corrected chi connectivity index (χ0v) is 16.5. The second kappa shape index (κ2) is 8.49. The van der Waals surface area contributed by atoms with E-state index < -0.39 is 15.9 Å². The van der Waals surface area contributed by atoms with Crippen molar-refractivity contribution < 1.29 is 27.4 Å². The topological polar surface area (TPSA) is 94.2 Å². The van der Waals surface area contributed by atoms with Gasteiger partial charge in [-0.3, -0.25) is 4.79 Å². The molecule has 2 aromatic carbocycles. The van der Waals surface area contributed by atoms with Crippen LogP contribution in [0.1, 0.15) is 13.8 Å². The normalized spacial score (nSPS) is 12.8. The lowest BCUT2D eigenvalue weighted by molar-refractivity contribution is -0.118. The minimum Gasteiger partial charge on any atom is -0.484 e. The van der Waals surface area contributed by atoms with E-state index in [0.717, 1.165) is 0 Å². The molecule has 0 unspecified atom stereocenters. The molecular formula is C19H22N2O6S. The number of ether oxygens (including phenoxy) is 3. The summed E-state index contributed by atoms with van der Waals surface area (Å²) in [5.74, 6) is 1.25. The molecule has 1 heterocycles. The summed E-state index contributed by atoms with van der Waals surface area (Å²) in [6.45, 7) is 4.23. The van der Waals surface area contributed by atoms with Crippen molar-refractivity contribution in [2.45, 2.75) is 18.7 Å². The number of hydrogen-bond acceptors (Lipinski definition) is 6. The lowest BCUT2D eigenvalue weighted by atomic mass is 10.3. The molecule has 1 amide bonds. The number of anilines is 1. The van der Waals surface area contributed by atoms with Crippen LogP contribution in [0.25, 0.3) is 0 Å². The lowest BCUT2D eigenvalue weighted by Gasteiger charge is -2.18. The maximum atomic E-state index is 12.6. The molecule has 0 saturated carbocycles. The highest BCUT2D eigenvalue weighted by Gasteiger charge is 2.22. The molecule has 28 heavy (non-hydrogen) atoms. The first-order valence-electron chi connectivity index (χ1n) is 8.86. The average Bonchev–Trinajstić information content (AvgIpc) is 3.15. The molecule has 0 aliphatic carbocycles. The van der Waals surface area contributed by atoms with E-state index in [-0.39, 0.29) is 18.3 Å². The molecule has 0 atom stereocenters. The molecule has 0 aromatic heterocycles. The number of benzene rings is 2. The molecule has 0 saturated heterocycles. The monoisotopic (exact) mass is 406 g/mol. The molecule has 0 radical (unpaired) electrons. The van der Waals surface area contributed by atoms with Gasteiger partial charge in [0.2, 0.25) is 16.8 Å². The highest BCUT2D eigenvalue weighted by molar-refractivity contribution is 7.89. The summed E-state index contributed by atoms with van der Waals surface area (Å²) in [6.07, 6.45) is 0. The van der Waals surface area contributed by atoms with Gasteiger partial charge in [-0.15, -0.1) is 0 Å². The van der Waals surface area contributed by atoms with Crippen LogP contribution in [0, 0.1) is 0 Å². The van der Waals surface area contributed by atoms with Crippen LogP contribution in [0.3, 0.4) is 0 Å². The van der Waals surface area contributed by atoms with Crippen molar-refractivity contribution in [1.82, 2.24) is 4.31 Å². The van der Waals surface area contributed by atoms with Gasteiger partial charge in [-0.2, -0.15) is 4.31 Å². The fourth-order valence-corrected chi connectivity index (χ4v) is 4.26. The highest BCUT2D eigenvalue weighted by atomic mass is 32.2.